The van der Waals surface area contributed by atoms with E-state index in [2.05, 4.69) is 34.5 Å². The van der Waals surface area contributed by atoms with Crippen LogP contribution in [-0.2, 0) is 4.79 Å². The van der Waals surface area contributed by atoms with Gasteiger partial charge in [-0.25, -0.2) is 4.68 Å². The fraction of sp³-hybridized carbons (Fsp3) is 0.333. The average molecular weight is 406 g/mol. The van der Waals surface area contributed by atoms with Gasteiger partial charge in [0.25, 0.3) is 5.22 Å². The number of thioether (sulfide) groups is 1. The Labute approximate surface area is 166 Å². The number of rotatable bonds is 7. The molecule has 0 saturated carbocycles. The molecule has 1 N–H and O–H groups in total. The highest BCUT2D eigenvalue weighted by molar-refractivity contribution is 8.00. The molecule has 2 atom stereocenters. The number of carbonyl (C=O) groups is 1. The van der Waals surface area contributed by atoms with Crippen molar-refractivity contribution >= 4 is 35.1 Å². The summed E-state index contributed by atoms with van der Waals surface area (Å²) in [6.07, 6.45) is 2.60. The first-order chi connectivity index (χ1) is 13.0. The van der Waals surface area contributed by atoms with Crippen molar-refractivity contribution in [2.24, 2.45) is 0 Å². The maximum absolute atomic E-state index is 12.5. The molecular formula is C18H20ClN5O2S. The minimum atomic E-state index is -0.413. The Kier molecular flexibility index (Phi) is 6.18. The topological polar surface area (TPSA) is 85.8 Å². The second-order valence-corrected chi connectivity index (χ2v) is 7.78. The van der Waals surface area contributed by atoms with Crippen LogP contribution < -0.4 is 5.32 Å². The van der Waals surface area contributed by atoms with Crippen LogP contribution in [0.25, 0.3) is 11.5 Å². The van der Waals surface area contributed by atoms with Crippen LogP contribution >= 0.6 is 23.4 Å². The lowest BCUT2D eigenvalue weighted by atomic mass is 10.2. The molecule has 1 aromatic carbocycles. The van der Waals surface area contributed by atoms with Crippen LogP contribution in [0.3, 0.4) is 0 Å². The summed E-state index contributed by atoms with van der Waals surface area (Å²) >= 11 is 7.09. The van der Waals surface area contributed by atoms with E-state index in [4.69, 9.17) is 16.0 Å². The number of aromatic nitrogens is 4. The van der Waals surface area contributed by atoms with Gasteiger partial charge in [0.15, 0.2) is 0 Å². The molecule has 142 valence electrons. The summed E-state index contributed by atoms with van der Waals surface area (Å²) in [5.74, 6) is 0.905. The molecule has 0 unspecified atom stereocenters. The summed E-state index contributed by atoms with van der Waals surface area (Å²) in [6, 6.07) is 9.10. The zero-order chi connectivity index (χ0) is 19.4. The summed E-state index contributed by atoms with van der Waals surface area (Å²) in [5, 5.41) is 15.8. The molecule has 0 aliphatic rings. The van der Waals surface area contributed by atoms with Gasteiger partial charge < -0.3 is 9.73 Å². The minimum absolute atomic E-state index is 0.156. The molecule has 0 aliphatic carbocycles. The van der Waals surface area contributed by atoms with E-state index in [-0.39, 0.29) is 11.9 Å². The van der Waals surface area contributed by atoms with Crippen LogP contribution in [-0.4, -0.2) is 31.1 Å². The van der Waals surface area contributed by atoms with Crippen LogP contribution in [0, 0.1) is 0 Å². The van der Waals surface area contributed by atoms with E-state index in [9.17, 15) is 4.79 Å². The van der Waals surface area contributed by atoms with Gasteiger partial charge in [0.2, 0.25) is 11.8 Å². The number of anilines is 1. The lowest BCUT2D eigenvalue weighted by molar-refractivity contribution is -0.115. The third kappa shape index (κ3) is 4.70. The van der Waals surface area contributed by atoms with Gasteiger partial charge in [0.05, 0.1) is 17.5 Å². The molecule has 0 spiro atoms. The molecule has 2 heterocycles. The Balaban J connectivity index is 1.64. The fourth-order valence-electron chi connectivity index (χ4n) is 2.34. The van der Waals surface area contributed by atoms with Crippen molar-refractivity contribution in [3.63, 3.8) is 0 Å². The molecule has 3 aromatic rings. The number of benzene rings is 1. The maximum Gasteiger partial charge on any atom is 0.277 e. The molecule has 0 fully saturated rings. The first-order valence-corrected chi connectivity index (χ1v) is 9.84. The van der Waals surface area contributed by atoms with Gasteiger partial charge in [-0.05, 0) is 44.5 Å². The number of nitrogens with one attached hydrogen (secondary N) is 1. The van der Waals surface area contributed by atoms with E-state index in [1.54, 1.807) is 48.1 Å². The quantitative estimate of drug-likeness (QED) is 0.574. The van der Waals surface area contributed by atoms with Gasteiger partial charge in [-0.2, -0.15) is 5.10 Å². The predicted molar refractivity (Wildman–Crippen MR) is 106 cm³/mol. The summed E-state index contributed by atoms with van der Waals surface area (Å²) in [7, 11) is 0. The summed E-state index contributed by atoms with van der Waals surface area (Å²) in [5.41, 5.74) is 0.772. The molecule has 0 radical (unpaired) electrons. The summed E-state index contributed by atoms with van der Waals surface area (Å²) in [6.45, 7) is 5.91. The molecule has 0 bridgehead atoms. The summed E-state index contributed by atoms with van der Waals surface area (Å²) in [4.78, 5) is 12.5. The Morgan fingerprint density at radius 1 is 1.26 bits per heavy atom. The molecule has 1 amide bonds. The zero-order valence-corrected chi connectivity index (χ0v) is 16.8. The van der Waals surface area contributed by atoms with E-state index in [1.807, 2.05) is 0 Å². The molecule has 27 heavy (non-hydrogen) atoms. The molecule has 7 nitrogen and oxygen atoms in total. The van der Waals surface area contributed by atoms with Crippen LogP contribution in [0.15, 0.2) is 46.2 Å². The molecule has 0 aliphatic heterocycles. The van der Waals surface area contributed by atoms with Crippen LogP contribution in [0.4, 0.5) is 5.82 Å². The van der Waals surface area contributed by atoms with Crippen molar-refractivity contribution < 1.29 is 9.21 Å². The first kappa shape index (κ1) is 19.4. The standard InChI is InChI=1S/C18H20ClN5O2S/c1-4-11(2)24-15(9-10-20-24)21-16(25)12(3)27-18-23-22-17(26-18)13-5-7-14(19)8-6-13/h5-12H,4H2,1-3H3,(H,21,25)/t11-,12+/m1/s1. The van der Waals surface area contributed by atoms with Gasteiger partial charge in [-0.3, -0.25) is 4.79 Å². The fourth-order valence-corrected chi connectivity index (χ4v) is 3.15. The molecule has 3 rings (SSSR count). The van der Waals surface area contributed by atoms with E-state index < -0.39 is 5.25 Å². The third-order valence-electron chi connectivity index (χ3n) is 4.07. The highest BCUT2D eigenvalue weighted by Gasteiger charge is 2.20. The van der Waals surface area contributed by atoms with Gasteiger partial charge >= 0.3 is 0 Å². The van der Waals surface area contributed by atoms with Crippen molar-refractivity contribution in [1.82, 2.24) is 20.0 Å². The van der Waals surface area contributed by atoms with Gasteiger partial charge in [-0.15, -0.1) is 10.2 Å². The largest absolute Gasteiger partial charge is 0.411 e. The third-order valence-corrected chi connectivity index (χ3v) is 5.26. The molecular weight excluding hydrogens is 386 g/mol. The number of nitrogens with zero attached hydrogens (tertiary/aromatic N) is 4. The Bertz CT molecular complexity index is 909. The van der Waals surface area contributed by atoms with Crippen molar-refractivity contribution in [3.05, 3.63) is 41.6 Å². The van der Waals surface area contributed by atoms with Crippen LogP contribution in [0.5, 0.6) is 0 Å². The first-order valence-electron chi connectivity index (χ1n) is 8.58. The lowest BCUT2D eigenvalue weighted by Crippen LogP contribution is -2.24. The zero-order valence-electron chi connectivity index (χ0n) is 15.2. The minimum Gasteiger partial charge on any atom is -0.411 e. The Morgan fingerprint density at radius 2 is 2.00 bits per heavy atom. The van der Waals surface area contributed by atoms with Gasteiger partial charge in [-0.1, -0.05) is 30.3 Å². The van der Waals surface area contributed by atoms with Gasteiger partial charge in [0, 0.05) is 16.7 Å². The van der Waals surface area contributed by atoms with E-state index in [1.165, 1.54) is 11.8 Å². The van der Waals surface area contributed by atoms with Crippen LogP contribution in [0.1, 0.15) is 33.2 Å². The smallest absolute Gasteiger partial charge is 0.277 e. The molecule has 0 saturated heterocycles. The van der Waals surface area contributed by atoms with Crippen molar-refractivity contribution in [1.29, 1.82) is 0 Å². The number of amides is 1. The van der Waals surface area contributed by atoms with E-state index in [0.717, 1.165) is 12.0 Å². The van der Waals surface area contributed by atoms with E-state index in [0.29, 0.717) is 22.0 Å². The second kappa shape index (κ2) is 8.58. The SMILES string of the molecule is CC[C@@H](C)n1nccc1NC(=O)[C@H](C)Sc1nnc(-c2ccc(Cl)cc2)o1. The van der Waals surface area contributed by atoms with Gasteiger partial charge in [0.1, 0.15) is 5.82 Å². The Morgan fingerprint density at radius 3 is 2.70 bits per heavy atom. The van der Waals surface area contributed by atoms with Crippen molar-refractivity contribution in [2.45, 2.75) is 43.7 Å². The monoisotopic (exact) mass is 405 g/mol. The average Bonchev–Trinajstić information content (AvgIpc) is 3.31. The normalized spacial score (nSPS) is 13.3. The second-order valence-electron chi connectivity index (χ2n) is 6.05. The molecule has 9 heteroatoms. The van der Waals surface area contributed by atoms with E-state index >= 15 is 0 Å². The lowest BCUT2D eigenvalue weighted by Gasteiger charge is -2.15. The molecule has 2 aromatic heterocycles. The highest BCUT2D eigenvalue weighted by Crippen LogP contribution is 2.27. The predicted octanol–water partition coefficient (Wildman–Crippen LogP) is 4.68. The van der Waals surface area contributed by atoms with Crippen LogP contribution in [0.2, 0.25) is 5.02 Å². The van der Waals surface area contributed by atoms with Crippen molar-refractivity contribution in [3.8, 4) is 11.5 Å². The summed E-state index contributed by atoms with van der Waals surface area (Å²) < 4.78 is 7.45. The highest BCUT2D eigenvalue weighted by atomic mass is 35.5. The maximum atomic E-state index is 12.5. The Hall–Kier alpha value is -2.32. The number of hydrogen-bond donors (Lipinski definition) is 1. The number of carbonyl (C=O) groups excluding carboxylic acids is 1. The number of hydrogen-bond acceptors (Lipinski definition) is 6. The van der Waals surface area contributed by atoms with Crippen molar-refractivity contribution in [2.75, 3.05) is 5.32 Å². The number of halogens is 1.